The second-order valence-corrected chi connectivity index (χ2v) is 5.87. The van der Waals surface area contributed by atoms with Crippen molar-refractivity contribution in [3.05, 3.63) is 33.8 Å². The number of aliphatic hydroxyl groups is 1. The molecule has 2 rings (SSSR count). The van der Waals surface area contributed by atoms with Crippen molar-refractivity contribution in [3.8, 4) is 0 Å². The van der Waals surface area contributed by atoms with Crippen LogP contribution in [0.5, 0.6) is 0 Å². The van der Waals surface area contributed by atoms with Crippen molar-refractivity contribution in [2.24, 2.45) is 0 Å². The third-order valence-electron chi connectivity index (χ3n) is 3.51. The number of nitrogens with zero attached hydrogens (tertiary/aromatic N) is 1. The second kappa shape index (κ2) is 6.64. The monoisotopic (exact) mass is 331 g/mol. The van der Waals surface area contributed by atoms with Gasteiger partial charge in [-0.3, -0.25) is 4.79 Å². The summed E-state index contributed by atoms with van der Waals surface area (Å²) >= 11 is 11.8. The maximum Gasteiger partial charge on any atom is 0.326 e. The average molecular weight is 332 g/mol. The summed E-state index contributed by atoms with van der Waals surface area (Å²) < 4.78 is 0. The van der Waals surface area contributed by atoms with Gasteiger partial charge in [-0.05, 0) is 24.1 Å². The van der Waals surface area contributed by atoms with Crippen LogP contribution in [0.4, 0.5) is 0 Å². The van der Waals surface area contributed by atoms with E-state index in [4.69, 9.17) is 28.3 Å². The molecule has 1 saturated heterocycles. The Morgan fingerprint density at radius 3 is 2.67 bits per heavy atom. The molecule has 0 radical (unpaired) electrons. The van der Waals surface area contributed by atoms with Gasteiger partial charge in [0.25, 0.3) is 0 Å². The Labute approximate surface area is 132 Å². The zero-order chi connectivity index (χ0) is 15.6. The van der Waals surface area contributed by atoms with Gasteiger partial charge in [-0.25, -0.2) is 4.79 Å². The Balaban J connectivity index is 1.99. The quantitative estimate of drug-likeness (QED) is 0.884. The summed E-state index contributed by atoms with van der Waals surface area (Å²) in [5, 5.41) is 19.6. The van der Waals surface area contributed by atoms with Crippen molar-refractivity contribution < 1.29 is 19.8 Å². The van der Waals surface area contributed by atoms with E-state index in [2.05, 4.69) is 0 Å². The topological polar surface area (TPSA) is 77.8 Å². The van der Waals surface area contributed by atoms with E-state index in [1.165, 1.54) is 4.90 Å². The lowest BCUT2D eigenvalue weighted by molar-refractivity contribution is -0.148. The number of carbonyl (C=O) groups is 2. The standard InChI is InChI=1S/C14H15Cl2NO4/c15-9-3-1-8(11(16)5-9)2-4-13(19)17-7-10(18)6-12(17)14(20)21/h1,3,5,10,12,18H,2,4,6-7H2,(H,20,21)/t10-,12+/m1/s1. The van der Waals surface area contributed by atoms with Crippen LogP contribution < -0.4 is 0 Å². The summed E-state index contributed by atoms with van der Waals surface area (Å²) in [5.41, 5.74) is 0.779. The Bertz CT molecular complexity index is 564. The van der Waals surface area contributed by atoms with Crippen LogP contribution in [-0.4, -0.2) is 45.7 Å². The van der Waals surface area contributed by atoms with Gasteiger partial charge >= 0.3 is 5.97 Å². The van der Waals surface area contributed by atoms with E-state index in [1.54, 1.807) is 18.2 Å². The number of benzene rings is 1. The van der Waals surface area contributed by atoms with Crippen LogP contribution in [0.15, 0.2) is 18.2 Å². The molecule has 0 spiro atoms. The molecule has 0 aromatic heterocycles. The minimum Gasteiger partial charge on any atom is -0.480 e. The molecule has 1 amide bonds. The van der Waals surface area contributed by atoms with Crippen LogP contribution in [0, 0.1) is 0 Å². The molecule has 2 atom stereocenters. The van der Waals surface area contributed by atoms with E-state index in [-0.39, 0.29) is 25.3 Å². The van der Waals surface area contributed by atoms with Crippen LogP contribution >= 0.6 is 23.2 Å². The predicted octanol–water partition coefficient (Wildman–Crippen LogP) is 1.97. The molecular formula is C14H15Cl2NO4. The highest BCUT2D eigenvalue weighted by Gasteiger charge is 2.38. The minimum atomic E-state index is -1.09. The summed E-state index contributed by atoms with van der Waals surface area (Å²) in [6.07, 6.45) is -0.178. The molecule has 1 fully saturated rings. The first-order valence-corrected chi connectivity index (χ1v) is 7.28. The number of halogens is 2. The number of carboxylic acid groups (broad SMARTS) is 1. The summed E-state index contributed by atoms with van der Waals surface area (Å²) in [5.74, 6) is -1.39. The van der Waals surface area contributed by atoms with E-state index >= 15 is 0 Å². The number of likely N-dealkylation sites (tertiary alicyclic amines) is 1. The second-order valence-electron chi connectivity index (χ2n) is 5.03. The van der Waals surface area contributed by atoms with Crippen molar-refractivity contribution in [3.63, 3.8) is 0 Å². The average Bonchev–Trinajstić information content (AvgIpc) is 2.80. The van der Waals surface area contributed by atoms with Gasteiger partial charge in [-0.2, -0.15) is 0 Å². The number of carboxylic acids is 1. The van der Waals surface area contributed by atoms with Crippen molar-refractivity contribution >= 4 is 35.1 Å². The fraction of sp³-hybridized carbons (Fsp3) is 0.429. The molecule has 0 aliphatic carbocycles. The number of aliphatic carboxylic acids is 1. The number of carbonyl (C=O) groups excluding carboxylic acids is 1. The molecule has 0 unspecified atom stereocenters. The maximum atomic E-state index is 12.1. The maximum absolute atomic E-state index is 12.1. The number of aryl methyl sites for hydroxylation is 1. The van der Waals surface area contributed by atoms with Crippen molar-refractivity contribution in [1.82, 2.24) is 4.90 Å². The van der Waals surface area contributed by atoms with E-state index in [9.17, 15) is 14.7 Å². The highest BCUT2D eigenvalue weighted by atomic mass is 35.5. The minimum absolute atomic E-state index is 0.0597. The first kappa shape index (κ1) is 16.1. The van der Waals surface area contributed by atoms with Crippen molar-refractivity contribution in [1.29, 1.82) is 0 Å². The van der Waals surface area contributed by atoms with Crippen molar-refractivity contribution in [2.75, 3.05) is 6.54 Å². The predicted molar refractivity (Wildman–Crippen MR) is 78.5 cm³/mol. The molecule has 5 nitrogen and oxygen atoms in total. The molecule has 1 aliphatic rings. The number of rotatable bonds is 4. The summed E-state index contributed by atoms with van der Waals surface area (Å²) in [6.45, 7) is 0.0597. The Kier molecular flexibility index (Phi) is 5.08. The molecule has 0 bridgehead atoms. The fourth-order valence-electron chi connectivity index (χ4n) is 2.43. The van der Waals surface area contributed by atoms with Crippen LogP contribution in [0.2, 0.25) is 10.0 Å². The lowest BCUT2D eigenvalue weighted by Crippen LogP contribution is -2.40. The zero-order valence-corrected chi connectivity index (χ0v) is 12.6. The highest BCUT2D eigenvalue weighted by molar-refractivity contribution is 6.35. The third-order valence-corrected chi connectivity index (χ3v) is 4.09. The Morgan fingerprint density at radius 2 is 2.05 bits per heavy atom. The molecule has 1 aromatic carbocycles. The number of hydrogen-bond acceptors (Lipinski definition) is 3. The Morgan fingerprint density at radius 1 is 1.33 bits per heavy atom. The van der Waals surface area contributed by atoms with Crippen LogP contribution in [0.3, 0.4) is 0 Å². The summed E-state index contributed by atoms with van der Waals surface area (Å²) in [6, 6.07) is 4.08. The van der Waals surface area contributed by atoms with Gasteiger partial charge in [0, 0.05) is 29.4 Å². The van der Waals surface area contributed by atoms with Gasteiger partial charge < -0.3 is 15.1 Å². The highest BCUT2D eigenvalue weighted by Crippen LogP contribution is 2.24. The van der Waals surface area contributed by atoms with Gasteiger partial charge in [0.1, 0.15) is 6.04 Å². The van der Waals surface area contributed by atoms with Crippen molar-refractivity contribution in [2.45, 2.75) is 31.4 Å². The fourth-order valence-corrected chi connectivity index (χ4v) is 2.94. The normalized spacial score (nSPS) is 21.6. The molecule has 2 N–H and O–H groups in total. The van der Waals surface area contributed by atoms with Crippen LogP contribution in [0.1, 0.15) is 18.4 Å². The molecule has 114 valence electrons. The molecule has 21 heavy (non-hydrogen) atoms. The first-order valence-electron chi connectivity index (χ1n) is 6.52. The number of amides is 1. The SMILES string of the molecule is O=C(O)[C@@H]1C[C@@H](O)CN1C(=O)CCc1ccc(Cl)cc1Cl. The summed E-state index contributed by atoms with van der Waals surface area (Å²) in [7, 11) is 0. The van der Waals surface area contributed by atoms with E-state index in [1.807, 2.05) is 0 Å². The molecule has 0 saturated carbocycles. The van der Waals surface area contributed by atoms with E-state index < -0.39 is 18.1 Å². The Hall–Kier alpha value is -1.30. The molecule has 1 aromatic rings. The van der Waals surface area contributed by atoms with E-state index in [0.717, 1.165) is 5.56 Å². The smallest absolute Gasteiger partial charge is 0.326 e. The number of hydrogen-bond donors (Lipinski definition) is 2. The van der Waals surface area contributed by atoms with Gasteiger partial charge in [0.15, 0.2) is 0 Å². The zero-order valence-electron chi connectivity index (χ0n) is 11.1. The molecular weight excluding hydrogens is 317 g/mol. The molecule has 7 heteroatoms. The number of aliphatic hydroxyl groups excluding tert-OH is 1. The van der Waals surface area contributed by atoms with Gasteiger partial charge in [0.2, 0.25) is 5.91 Å². The molecule has 1 heterocycles. The van der Waals surface area contributed by atoms with Gasteiger partial charge in [-0.1, -0.05) is 29.3 Å². The van der Waals surface area contributed by atoms with Gasteiger partial charge in [-0.15, -0.1) is 0 Å². The van der Waals surface area contributed by atoms with E-state index in [0.29, 0.717) is 16.5 Å². The van der Waals surface area contributed by atoms with Crippen LogP contribution in [-0.2, 0) is 16.0 Å². The number of β-amino-alcohol motifs (C(OH)–C–C–N with tert-alkyl or cyclic N) is 1. The van der Waals surface area contributed by atoms with Gasteiger partial charge in [0.05, 0.1) is 6.10 Å². The summed E-state index contributed by atoms with van der Waals surface area (Å²) in [4.78, 5) is 24.4. The first-order chi connectivity index (χ1) is 9.88. The lowest BCUT2D eigenvalue weighted by Gasteiger charge is -2.21. The largest absolute Gasteiger partial charge is 0.480 e. The third kappa shape index (κ3) is 3.87. The molecule has 1 aliphatic heterocycles. The van der Waals surface area contributed by atoms with Crippen LogP contribution in [0.25, 0.3) is 0 Å². The lowest BCUT2D eigenvalue weighted by atomic mass is 10.1.